The third-order valence-corrected chi connectivity index (χ3v) is 8.89. The number of allylic oxidation sites excluding steroid dienone is 1. The maximum Gasteiger partial charge on any atom is 0.338 e. The van der Waals surface area contributed by atoms with Gasteiger partial charge in [0.1, 0.15) is 18.4 Å². The molecule has 0 spiro atoms. The monoisotopic (exact) mass is 721 g/mol. The van der Waals surface area contributed by atoms with Gasteiger partial charge in [-0.2, -0.15) is 5.26 Å². The molecule has 1 atom stereocenters. The van der Waals surface area contributed by atoms with Crippen LogP contribution < -0.4 is 29.1 Å². The fourth-order valence-corrected chi connectivity index (χ4v) is 6.82. The number of benzene rings is 3. The van der Waals surface area contributed by atoms with Crippen molar-refractivity contribution in [2.24, 2.45) is 4.99 Å². The van der Waals surface area contributed by atoms with Crippen molar-refractivity contribution in [3.05, 3.63) is 117 Å². The largest absolute Gasteiger partial charge is 0.496 e. The summed E-state index contributed by atoms with van der Waals surface area (Å²) >= 11 is 11.2. The predicted octanol–water partition coefficient (Wildman–Crippen LogP) is 6.07. The van der Waals surface area contributed by atoms with Gasteiger partial charge < -0.3 is 18.9 Å². The summed E-state index contributed by atoms with van der Waals surface area (Å²) < 4.78 is 25.4. The summed E-state index contributed by atoms with van der Waals surface area (Å²) in [6, 6.07) is 17.0. The number of carbonyl (C=O) groups excluding carboxylic acids is 1. The van der Waals surface area contributed by atoms with Gasteiger partial charge in [0.05, 0.1) is 52.2 Å². The number of nitriles is 1. The molecule has 12 heteroatoms. The van der Waals surface area contributed by atoms with E-state index in [0.717, 1.165) is 5.56 Å². The van der Waals surface area contributed by atoms with E-state index in [9.17, 15) is 9.59 Å². The van der Waals surface area contributed by atoms with E-state index >= 15 is 0 Å². The lowest BCUT2D eigenvalue weighted by Crippen LogP contribution is -2.40. The van der Waals surface area contributed by atoms with Gasteiger partial charge in [0.25, 0.3) is 5.56 Å². The number of hydrogen-bond acceptors (Lipinski definition) is 9. The lowest BCUT2D eigenvalue weighted by atomic mass is 9.95. The Morgan fingerprint density at radius 2 is 1.85 bits per heavy atom. The van der Waals surface area contributed by atoms with Crippen LogP contribution in [0, 0.1) is 11.3 Å². The second-order valence-corrected chi connectivity index (χ2v) is 12.9. The van der Waals surface area contributed by atoms with Gasteiger partial charge >= 0.3 is 5.97 Å². The van der Waals surface area contributed by atoms with Crippen LogP contribution in [0.2, 0.25) is 5.02 Å². The van der Waals surface area contributed by atoms with Gasteiger partial charge in [0.15, 0.2) is 16.3 Å². The van der Waals surface area contributed by atoms with Crippen molar-refractivity contribution in [1.29, 1.82) is 5.26 Å². The van der Waals surface area contributed by atoms with Gasteiger partial charge in [-0.25, -0.2) is 9.79 Å². The molecule has 9 nitrogen and oxygen atoms in total. The molecule has 1 aliphatic heterocycles. The Morgan fingerprint density at radius 3 is 2.50 bits per heavy atom. The number of halogens is 2. The second-order valence-electron chi connectivity index (χ2n) is 10.6. The number of carbonyl (C=O) groups is 1. The first-order valence-corrected chi connectivity index (χ1v) is 16.1. The number of esters is 1. The van der Waals surface area contributed by atoms with Crippen LogP contribution in [0.3, 0.4) is 0 Å². The molecule has 4 aromatic rings. The zero-order chi connectivity index (χ0) is 33.1. The summed E-state index contributed by atoms with van der Waals surface area (Å²) in [5, 5.41) is 9.46. The molecule has 0 radical (unpaired) electrons. The summed E-state index contributed by atoms with van der Waals surface area (Å²) in [5.74, 6) is 0.821. The molecule has 0 fully saturated rings. The second kappa shape index (κ2) is 14.0. The average molecular weight is 723 g/mol. The third kappa shape index (κ3) is 6.75. The van der Waals surface area contributed by atoms with Gasteiger partial charge in [-0.1, -0.05) is 35.1 Å². The average Bonchev–Trinajstić information content (AvgIpc) is 3.32. The van der Waals surface area contributed by atoms with E-state index in [1.54, 1.807) is 63.2 Å². The van der Waals surface area contributed by atoms with Crippen molar-refractivity contribution in [1.82, 2.24) is 4.57 Å². The molecule has 0 bridgehead atoms. The first-order chi connectivity index (χ1) is 22.0. The fraction of sp³-hybridized carbons (Fsp3) is 0.235. The molecule has 1 aromatic heterocycles. The van der Waals surface area contributed by atoms with Crippen molar-refractivity contribution < 1.29 is 23.7 Å². The first kappa shape index (κ1) is 33.0. The molecule has 1 aliphatic rings. The Labute approximate surface area is 282 Å². The lowest BCUT2D eigenvalue weighted by Gasteiger charge is -2.26. The highest BCUT2D eigenvalue weighted by Gasteiger charge is 2.35. The van der Waals surface area contributed by atoms with Crippen LogP contribution in [0.5, 0.6) is 17.2 Å². The van der Waals surface area contributed by atoms with Gasteiger partial charge in [0.2, 0.25) is 0 Å². The van der Waals surface area contributed by atoms with E-state index in [0.29, 0.717) is 58.5 Å². The van der Waals surface area contributed by atoms with Crippen molar-refractivity contribution >= 4 is 50.9 Å². The van der Waals surface area contributed by atoms with Crippen molar-refractivity contribution in [2.75, 3.05) is 14.2 Å². The maximum absolute atomic E-state index is 14.1. The number of ether oxygens (including phenoxy) is 4. The molecular weight excluding hydrogens is 694 g/mol. The summed E-state index contributed by atoms with van der Waals surface area (Å²) in [4.78, 5) is 32.7. The standard InChI is InChI=1S/C34H29BrClN3O6S/c1-18(2)45-33(41)29-19(3)38-34-39(30(29)24-15-23(36)10-11-26(24)42-4)32(40)28(46-34)14-22-12-25(35)31(27(13-22)43-5)44-17-21-8-6-20(16-37)7-9-21/h6-15,18,30H,17H2,1-5H3/b28-14-/t30-/m1/s1. The SMILES string of the molecule is COc1ccc(Cl)cc1[C@@H]1C(C(=O)OC(C)C)=C(C)N=c2s/c(=C\c3cc(Br)c(OCc4ccc(C#N)cc4)c(OC)c3)c(=O)n21. The number of nitrogens with zero attached hydrogens (tertiary/aromatic N) is 3. The van der Waals surface area contributed by atoms with Gasteiger partial charge in [-0.15, -0.1) is 0 Å². The number of hydrogen-bond donors (Lipinski definition) is 0. The molecule has 2 heterocycles. The minimum atomic E-state index is -0.891. The topological polar surface area (TPSA) is 112 Å². The van der Waals surface area contributed by atoms with Crippen molar-refractivity contribution in [3.8, 4) is 23.3 Å². The minimum Gasteiger partial charge on any atom is -0.496 e. The van der Waals surface area contributed by atoms with Crippen LogP contribution in [0.25, 0.3) is 6.08 Å². The van der Waals surface area contributed by atoms with Crippen LogP contribution >= 0.6 is 38.9 Å². The Bertz CT molecular complexity index is 2080. The quantitative estimate of drug-likeness (QED) is 0.193. The van der Waals surface area contributed by atoms with Crippen LogP contribution in [0.1, 0.15) is 49.1 Å². The van der Waals surface area contributed by atoms with Crippen LogP contribution in [-0.2, 0) is 16.1 Å². The van der Waals surface area contributed by atoms with E-state index in [1.807, 2.05) is 18.2 Å². The highest BCUT2D eigenvalue weighted by molar-refractivity contribution is 9.10. The molecule has 0 N–H and O–H groups in total. The number of rotatable bonds is 9. The van der Waals surface area contributed by atoms with E-state index < -0.39 is 12.0 Å². The minimum absolute atomic E-state index is 0.224. The first-order valence-electron chi connectivity index (χ1n) is 14.1. The predicted molar refractivity (Wildman–Crippen MR) is 179 cm³/mol. The molecular formula is C34H29BrClN3O6S. The number of thiazole rings is 1. The Morgan fingerprint density at radius 1 is 1.13 bits per heavy atom. The highest BCUT2D eigenvalue weighted by Crippen LogP contribution is 2.39. The number of fused-ring (bicyclic) bond motifs is 1. The zero-order valence-corrected chi connectivity index (χ0v) is 28.7. The van der Waals surface area contributed by atoms with E-state index in [2.05, 4.69) is 27.0 Å². The highest BCUT2D eigenvalue weighted by atomic mass is 79.9. The maximum atomic E-state index is 14.1. The summed E-state index contributed by atoms with van der Waals surface area (Å²) in [6.45, 7) is 5.49. The summed E-state index contributed by atoms with van der Waals surface area (Å²) in [6.07, 6.45) is 1.35. The molecule has 5 rings (SSSR count). The summed E-state index contributed by atoms with van der Waals surface area (Å²) in [5.41, 5.74) is 2.95. The Balaban J connectivity index is 1.59. The van der Waals surface area contributed by atoms with Crippen LogP contribution in [0.4, 0.5) is 0 Å². The van der Waals surface area contributed by atoms with E-state index in [4.69, 9.17) is 35.8 Å². The van der Waals surface area contributed by atoms with Crippen LogP contribution in [0.15, 0.2) is 80.1 Å². The smallest absolute Gasteiger partial charge is 0.338 e. The molecule has 236 valence electrons. The lowest BCUT2D eigenvalue weighted by molar-refractivity contribution is -0.143. The fourth-order valence-electron chi connectivity index (χ4n) is 5.02. The number of methoxy groups -OCH3 is 2. The van der Waals surface area contributed by atoms with Gasteiger partial charge in [-0.05, 0) is 96.4 Å². The third-order valence-electron chi connectivity index (χ3n) is 7.09. The number of aromatic nitrogens is 1. The van der Waals surface area contributed by atoms with Gasteiger partial charge in [-0.3, -0.25) is 9.36 Å². The Hall–Kier alpha value is -4.37. The van der Waals surface area contributed by atoms with E-state index in [1.165, 1.54) is 30.1 Å². The van der Waals surface area contributed by atoms with Crippen molar-refractivity contribution in [3.63, 3.8) is 0 Å². The van der Waals surface area contributed by atoms with Crippen molar-refractivity contribution in [2.45, 2.75) is 39.5 Å². The molecule has 0 saturated carbocycles. The molecule has 0 aliphatic carbocycles. The molecule has 0 unspecified atom stereocenters. The Kier molecular flexibility index (Phi) is 10.0. The molecule has 3 aromatic carbocycles. The zero-order valence-electron chi connectivity index (χ0n) is 25.6. The van der Waals surface area contributed by atoms with E-state index in [-0.39, 0.29) is 23.8 Å². The van der Waals surface area contributed by atoms with Gasteiger partial charge in [0, 0.05) is 10.6 Å². The van der Waals surface area contributed by atoms with Crippen LogP contribution in [-0.4, -0.2) is 30.9 Å². The molecule has 0 amide bonds. The molecule has 46 heavy (non-hydrogen) atoms. The summed E-state index contributed by atoms with van der Waals surface area (Å²) in [7, 11) is 3.05. The normalized spacial score (nSPS) is 14.4. The molecule has 0 saturated heterocycles.